The number of nitrogens with two attached hydrogens (primary N) is 1. The highest BCUT2D eigenvalue weighted by atomic mass is 16.2. The van der Waals surface area contributed by atoms with Crippen LogP contribution in [-0.2, 0) is 16.0 Å². The number of primary amides is 1. The second kappa shape index (κ2) is 7.13. The lowest BCUT2D eigenvalue weighted by Crippen LogP contribution is -2.49. The number of benzene rings is 1. The first-order valence-corrected chi connectivity index (χ1v) is 8.48. The van der Waals surface area contributed by atoms with Crippen molar-refractivity contribution >= 4 is 11.8 Å². The fourth-order valence-corrected chi connectivity index (χ4v) is 3.89. The molecule has 5 heteroatoms. The van der Waals surface area contributed by atoms with Gasteiger partial charge < -0.3 is 16.0 Å². The smallest absolute Gasteiger partial charge is 0.240 e. The molecule has 2 aliphatic rings. The highest BCUT2D eigenvalue weighted by Crippen LogP contribution is 2.30. The predicted molar refractivity (Wildman–Crippen MR) is 88.5 cm³/mol. The number of piperidine rings is 1. The van der Waals surface area contributed by atoms with E-state index in [0.29, 0.717) is 31.2 Å². The van der Waals surface area contributed by atoms with E-state index in [1.807, 2.05) is 30.3 Å². The van der Waals surface area contributed by atoms with Crippen LogP contribution in [0.15, 0.2) is 30.3 Å². The standard InChI is InChI=1S/C18H25N3O2/c19-18(23)16(10-13-4-2-1-3-5-13)21-9-7-15-12-20-8-6-14(15)11-17(21)22/h1-5,14-16,20H,6-12H2,(H2,19,23)/t14-,15-,16-/m0/s1. The normalized spacial score (nSPS) is 26.3. The minimum absolute atomic E-state index is 0.0825. The fourth-order valence-electron chi connectivity index (χ4n) is 3.89. The van der Waals surface area contributed by atoms with Gasteiger partial charge in [0, 0.05) is 19.4 Å². The summed E-state index contributed by atoms with van der Waals surface area (Å²) in [5.74, 6) is 0.645. The average molecular weight is 315 g/mol. The van der Waals surface area contributed by atoms with Crippen molar-refractivity contribution in [3.63, 3.8) is 0 Å². The second-order valence-corrected chi connectivity index (χ2v) is 6.70. The number of carbonyl (C=O) groups excluding carboxylic acids is 2. The van der Waals surface area contributed by atoms with E-state index in [1.54, 1.807) is 4.90 Å². The molecule has 5 nitrogen and oxygen atoms in total. The molecule has 124 valence electrons. The van der Waals surface area contributed by atoms with Crippen LogP contribution in [0.5, 0.6) is 0 Å². The topological polar surface area (TPSA) is 75.4 Å². The van der Waals surface area contributed by atoms with Gasteiger partial charge in [-0.3, -0.25) is 9.59 Å². The van der Waals surface area contributed by atoms with Gasteiger partial charge in [-0.1, -0.05) is 30.3 Å². The van der Waals surface area contributed by atoms with Crippen LogP contribution in [0.4, 0.5) is 0 Å². The Kier molecular flexibility index (Phi) is 4.96. The molecule has 0 radical (unpaired) electrons. The Balaban J connectivity index is 1.76. The number of hydrogen-bond donors (Lipinski definition) is 2. The fraction of sp³-hybridized carbons (Fsp3) is 0.556. The maximum absolute atomic E-state index is 12.7. The maximum atomic E-state index is 12.7. The Hall–Kier alpha value is -1.88. The third-order valence-electron chi connectivity index (χ3n) is 5.24. The first kappa shape index (κ1) is 16.0. The van der Waals surface area contributed by atoms with E-state index in [0.717, 1.165) is 31.5 Å². The highest BCUT2D eigenvalue weighted by Gasteiger charge is 2.36. The van der Waals surface area contributed by atoms with E-state index in [9.17, 15) is 9.59 Å². The molecule has 2 amide bonds. The van der Waals surface area contributed by atoms with E-state index < -0.39 is 11.9 Å². The predicted octanol–water partition coefficient (Wildman–Crippen LogP) is 0.931. The van der Waals surface area contributed by atoms with Crippen molar-refractivity contribution in [3.8, 4) is 0 Å². The van der Waals surface area contributed by atoms with E-state index in [2.05, 4.69) is 5.32 Å². The zero-order valence-electron chi connectivity index (χ0n) is 13.4. The average Bonchev–Trinajstić information content (AvgIpc) is 2.72. The largest absolute Gasteiger partial charge is 0.368 e. The molecule has 3 N–H and O–H groups in total. The molecule has 0 bridgehead atoms. The molecule has 2 fully saturated rings. The van der Waals surface area contributed by atoms with Crippen LogP contribution in [0.2, 0.25) is 0 Å². The molecule has 1 aromatic rings. The van der Waals surface area contributed by atoms with E-state index in [4.69, 9.17) is 5.73 Å². The number of nitrogens with one attached hydrogen (secondary N) is 1. The van der Waals surface area contributed by atoms with E-state index >= 15 is 0 Å². The van der Waals surface area contributed by atoms with Gasteiger partial charge in [-0.15, -0.1) is 0 Å². The molecule has 2 aliphatic heterocycles. The summed E-state index contributed by atoms with van der Waals surface area (Å²) < 4.78 is 0. The van der Waals surface area contributed by atoms with Crippen molar-refractivity contribution in [2.45, 2.75) is 31.7 Å². The Morgan fingerprint density at radius 1 is 1.26 bits per heavy atom. The number of rotatable bonds is 4. The molecule has 0 spiro atoms. The van der Waals surface area contributed by atoms with Gasteiger partial charge >= 0.3 is 0 Å². The number of carbonyl (C=O) groups is 2. The summed E-state index contributed by atoms with van der Waals surface area (Å²) >= 11 is 0. The van der Waals surface area contributed by atoms with Gasteiger partial charge in [0.2, 0.25) is 11.8 Å². The molecule has 2 heterocycles. The quantitative estimate of drug-likeness (QED) is 0.868. The number of nitrogens with zero attached hydrogens (tertiary/aromatic N) is 1. The summed E-state index contributed by atoms with van der Waals surface area (Å²) in [5.41, 5.74) is 6.66. The summed E-state index contributed by atoms with van der Waals surface area (Å²) in [6, 6.07) is 9.23. The molecule has 23 heavy (non-hydrogen) atoms. The van der Waals surface area contributed by atoms with Crippen LogP contribution >= 0.6 is 0 Å². The Morgan fingerprint density at radius 2 is 2.04 bits per heavy atom. The first-order valence-electron chi connectivity index (χ1n) is 8.48. The van der Waals surface area contributed by atoms with Crippen molar-refractivity contribution < 1.29 is 9.59 Å². The third kappa shape index (κ3) is 3.72. The molecule has 3 atom stereocenters. The van der Waals surface area contributed by atoms with Gasteiger partial charge in [0.05, 0.1) is 0 Å². The summed E-state index contributed by atoms with van der Waals surface area (Å²) in [6.07, 6.45) is 3.03. The van der Waals surface area contributed by atoms with Gasteiger partial charge in [0.1, 0.15) is 6.04 Å². The summed E-state index contributed by atoms with van der Waals surface area (Å²) in [7, 11) is 0. The van der Waals surface area contributed by atoms with Crippen molar-refractivity contribution in [1.82, 2.24) is 10.2 Å². The third-order valence-corrected chi connectivity index (χ3v) is 5.24. The number of amides is 2. The molecule has 0 aromatic heterocycles. The van der Waals surface area contributed by atoms with Crippen LogP contribution in [0, 0.1) is 11.8 Å². The number of likely N-dealkylation sites (tertiary alicyclic amines) is 1. The van der Waals surface area contributed by atoms with Gasteiger partial charge in [-0.2, -0.15) is 0 Å². The summed E-state index contributed by atoms with van der Waals surface area (Å²) in [6.45, 7) is 2.59. The van der Waals surface area contributed by atoms with E-state index in [-0.39, 0.29) is 5.91 Å². The molecule has 3 rings (SSSR count). The van der Waals surface area contributed by atoms with Crippen LogP contribution < -0.4 is 11.1 Å². The molecular weight excluding hydrogens is 290 g/mol. The van der Waals surface area contributed by atoms with Crippen molar-refractivity contribution in [2.75, 3.05) is 19.6 Å². The molecule has 1 aromatic carbocycles. The zero-order chi connectivity index (χ0) is 16.2. The minimum Gasteiger partial charge on any atom is -0.368 e. The van der Waals surface area contributed by atoms with Crippen molar-refractivity contribution in [1.29, 1.82) is 0 Å². The van der Waals surface area contributed by atoms with Crippen LogP contribution in [-0.4, -0.2) is 42.4 Å². The Bertz CT molecular complexity index is 561. The SMILES string of the molecule is NC(=O)[C@H](Cc1ccccc1)N1CC[C@H]2CNCC[C@H]2CC1=O. The molecule has 0 saturated carbocycles. The van der Waals surface area contributed by atoms with Gasteiger partial charge in [0.25, 0.3) is 0 Å². The maximum Gasteiger partial charge on any atom is 0.240 e. The molecule has 0 unspecified atom stereocenters. The summed E-state index contributed by atoms with van der Waals surface area (Å²) in [4.78, 5) is 26.4. The second-order valence-electron chi connectivity index (χ2n) is 6.70. The van der Waals surface area contributed by atoms with Crippen molar-refractivity contribution in [3.05, 3.63) is 35.9 Å². The lowest BCUT2D eigenvalue weighted by molar-refractivity contribution is -0.139. The zero-order valence-corrected chi connectivity index (χ0v) is 13.4. The summed E-state index contributed by atoms with van der Waals surface area (Å²) in [5, 5.41) is 3.41. The first-order chi connectivity index (χ1) is 11.1. The minimum atomic E-state index is -0.544. The highest BCUT2D eigenvalue weighted by molar-refractivity contribution is 5.87. The van der Waals surface area contributed by atoms with Gasteiger partial charge in [-0.25, -0.2) is 0 Å². The number of fused-ring (bicyclic) bond motifs is 1. The van der Waals surface area contributed by atoms with Crippen LogP contribution in [0.25, 0.3) is 0 Å². The van der Waals surface area contributed by atoms with Crippen molar-refractivity contribution in [2.24, 2.45) is 17.6 Å². The number of hydrogen-bond acceptors (Lipinski definition) is 3. The molecule has 0 aliphatic carbocycles. The molecule has 2 saturated heterocycles. The molecular formula is C18H25N3O2. The Morgan fingerprint density at radius 3 is 2.78 bits per heavy atom. The lowest BCUT2D eigenvalue weighted by Gasteiger charge is -2.29. The van der Waals surface area contributed by atoms with E-state index in [1.165, 1.54) is 0 Å². The Labute approximate surface area is 137 Å². The van der Waals surface area contributed by atoms with Gasteiger partial charge in [0.15, 0.2) is 0 Å². The van der Waals surface area contributed by atoms with Gasteiger partial charge in [-0.05, 0) is 43.3 Å². The monoisotopic (exact) mass is 315 g/mol. The van der Waals surface area contributed by atoms with Crippen LogP contribution in [0.1, 0.15) is 24.8 Å². The van der Waals surface area contributed by atoms with Crippen LogP contribution in [0.3, 0.4) is 0 Å². The lowest BCUT2D eigenvalue weighted by atomic mass is 9.83.